The third-order valence-corrected chi connectivity index (χ3v) is 3.53. The molecule has 0 aromatic heterocycles. The van der Waals surface area contributed by atoms with Crippen molar-refractivity contribution in [3.05, 3.63) is 0 Å². The number of nitrogens with zero attached hydrogens (tertiary/aromatic N) is 1. The molecule has 1 amide bonds. The second-order valence-electron chi connectivity index (χ2n) is 4.92. The molecule has 0 radical (unpaired) electrons. The Hall–Kier alpha value is -0.610. The van der Waals surface area contributed by atoms with Crippen molar-refractivity contribution in [2.75, 3.05) is 19.7 Å². The first-order valence-corrected chi connectivity index (χ1v) is 6.40. The van der Waals surface area contributed by atoms with E-state index < -0.39 is 0 Å². The van der Waals surface area contributed by atoms with Crippen molar-refractivity contribution in [1.29, 1.82) is 0 Å². The Kier molecular flexibility index (Phi) is 4.18. The van der Waals surface area contributed by atoms with Gasteiger partial charge in [0.25, 0.3) is 0 Å². The smallest absolute Gasteiger partial charge is 0.222 e. The van der Waals surface area contributed by atoms with Crippen LogP contribution in [-0.4, -0.2) is 42.6 Å². The molecule has 0 aliphatic carbocycles. The van der Waals surface area contributed by atoms with Gasteiger partial charge in [-0.3, -0.25) is 4.79 Å². The van der Waals surface area contributed by atoms with Crippen LogP contribution in [0.2, 0.25) is 0 Å². The maximum absolute atomic E-state index is 11.8. The lowest BCUT2D eigenvalue weighted by Crippen LogP contribution is -2.32. The molecule has 0 spiro atoms. The van der Waals surface area contributed by atoms with E-state index >= 15 is 0 Å². The number of rotatable bonds is 3. The van der Waals surface area contributed by atoms with Crippen molar-refractivity contribution in [2.45, 2.75) is 50.7 Å². The fourth-order valence-electron chi connectivity index (χ4n) is 2.49. The third kappa shape index (κ3) is 3.19. The first-order chi connectivity index (χ1) is 7.75. The van der Waals surface area contributed by atoms with Gasteiger partial charge in [-0.05, 0) is 32.1 Å². The predicted octanol–water partition coefficient (Wildman–Crippen LogP) is 0.895. The second kappa shape index (κ2) is 5.64. The van der Waals surface area contributed by atoms with Crippen LogP contribution in [0.4, 0.5) is 0 Å². The van der Waals surface area contributed by atoms with Crippen molar-refractivity contribution < 1.29 is 9.53 Å². The van der Waals surface area contributed by atoms with Crippen molar-refractivity contribution in [2.24, 2.45) is 5.73 Å². The van der Waals surface area contributed by atoms with Crippen LogP contribution in [0.15, 0.2) is 0 Å². The Balaban J connectivity index is 1.67. The van der Waals surface area contributed by atoms with Gasteiger partial charge in [0.15, 0.2) is 0 Å². The molecule has 0 bridgehead atoms. The summed E-state index contributed by atoms with van der Waals surface area (Å²) < 4.78 is 5.62. The van der Waals surface area contributed by atoms with Crippen LogP contribution in [0.3, 0.4) is 0 Å². The Bertz CT molecular complexity index is 239. The van der Waals surface area contributed by atoms with Crippen LogP contribution in [0.25, 0.3) is 0 Å². The number of amides is 1. The summed E-state index contributed by atoms with van der Waals surface area (Å²) in [5.74, 6) is 0.252. The van der Waals surface area contributed by atoms with Crippen LogP contribution >= 0.6 is 0 Å². The molecule has 2 aliphatic heterocycles. The molecular weight excluding hydrogens is 204 g/mol. The molecule has 2 aliphatic rings. The van der Waals surface area contributed by atoms with E-state index in [1.807, 2.05) is 4.90 Å². The van der Waals surface area contributed by atoms with Gasteiger partial charge < -0.3 is 15.4 Å². The van der Waals surface area contributed by atoms with Crippen LogP contribution in [0, 0.1) is 0 Å². The molecule has 92 valence electrons. The molecule has 1 unspecified atom stereocenters. The lowest BCUT2D eigenvalue weighted by molar-refractivity contribution is -0.131. The van der Waals surface area contributed by atoms with E-state index in [4.69, 9.17) is 10.5 Å². The first kappa shape index (κ1) is 11.9. The minimum atomic E-state index is 0.190. The van der Waals surface area contributed by atoms with E-state index in [-0.39, 0.29) is 11.9 Å². The minimum absolute atomic E-state index is 0.190. The van der Waals surface area contributed by atoms with E-state index in [1.54, 1.807) is 0 Å². The van der Waals surface area contributed by atoms with E-state index in [0.717, 1.165) is 39.0 Å². The van der Waals surface area contributed by atoms with Gasteiger partial charge in [-0.25, -0.2) is 0 Å². The summed E-state index contributed by atoms with van der Waals surface area (Å²) in [5, 5.41) is 0. The Morgan fingerprint density at radius 2 is 2.25 bits per heavy atom. The van der Waals surface area contributed by atoms with Gasteiger partial charge in [0.1, 0.15) is 0 Å². The number of hydrogen-bond donors (Lipinski definition) is 1. The van der Waals surface area contributed by atoms with Gasteiger partial charge in [0, 0.05) is 32.2 Å². The molecule has 0 aromatic carbocycles. The molecule has 16 heavy (non-hydrogen) atoms. The normalized spacial score (nSPS) is 30.7. The minimum Gasteiger partial charge on any atom is -0.378 e. The number of ether oxygens (including phenoxy) is 1. The number of nitrogens with two attached hydrogens (primary N) is 1. The molecule has 2 fully saturated rings. The zero-order chi connectivity index (χ0) is 11.4. The maximum Gasteiger partial charge on any atom is 0.222 e. The van der Waals surface area contributed by atoms with E-state index in [2.05, 4.69) is 0 Å². The molecule has 2 heterocycles. The van der Waals surface area contributed by atoms with Crippen LogP contribution in [0.1, 0.15) is 38.5 Å². The Morgan fingerprint density at radius 3 is 2.88 bits per heavy atom. The molecule has 2 rings (SSSR count). The maximum atomic E-state index is 11.8. The summed E-state index contributed by atoms with van der Waals surface area (Å²) in [5.41, 5.74) is 5.78. The Labute approximate surface area is 97.1 Å². The number of carbonyl (C=O) groups is 1. The van der Waals surface area contributed by atoms with Gasteiger partial charge >= 0.3 is 0 Å². The largest absolute Gasteiger partial charge is 0.378 e. The van der Waals surface area contributed by atoms with Gasteiger partial charge in [-0.2, -0.15) is 0 Å². The summed E-state index contributed by atoms with van der Waals surface area (Å²) in [6.45, 7) is 2.45. The van der Waals surface area contributed by atoms with Gasteiger partial charge in [0.05, 0.1) is 6.10 Å². The van der Waals surface area contributed by atoms with E-state index in [9.17, 15) is 4.79 Å². The second-order valence-corrected chi connectivity index (χ2v) is 4.92. The van der Waals surface area contributed by atoms with Crippen molar-refractivity contribution in [3.63, 3.8) is 0 Å². The van der Waals surface area contributed by atoms with Crippen molar-refractivity contribution >= 4 is 5.91 Å². The average molecular weight is 226 g/mol. The molecule has 2 atom stereocenters. The summed E-state index contributed by atoms with van der Waals surface area (Å²) in [7, 11) is 0. The SMILES string of the molecule is N[C@H]1CCN(C(=O)CCC2CCCCO2)C1. The van der Waals surface area contributed by atoms with Crippen LogP contribution in [-0.2, 0) is 9.53 Å². The highest BCUT2D eigenvalue weighted by molar-refractivity contribution is 5.76. The Morgan fingerprint density at radius 1 is 1.38 bits per heavy atom. The molecule has 0 saturated carbocycles. The lowest BCUT2D eigenvalue weighted by atomic mass is 10.0. The molecule has 2 saturated heterocycles. The summed E-state index contributed by atoms with van der Waals surface area (Å²) in [6.07, 6.45) is 6.30. The van der Waals surface area contributed by atoms with E-state index in [1.165, 1.54) is 12.8 Å². The van der Waals surface area contributed by atoms with Crippen LogP contribution in [0.5, 0.6) is 0 Å². The standard InChI is InChI=1S/C12H22N2O2/c13-10-6-7-14(9-10)12(15)5-4-11-3-1-2-8-16-11/h10-11H,1-9,13H2/t10-,11?/m0/s1. The van der Waals surface area contributed by atoms with E-state index in [0.29, 0.717) is 12.5 Å². The molecule has 2 N–H and O–H groups in total. The average Bonchev–Trinajstić information content (AvgIpc) is 2.74. The highest BCUT2D eigenvalue weighted by Crippen LogP contribution is 2.18. The molecule has 4 heteroatoms. The highest BCUT2D eigenvalue weighted by Gasteiger charge is 2.24. The molecular formula is C12H22N2O2. The van der Waals surface area contributed by atoms with Gasteiger partial charge in [-0.15, -0.1) is 0 Å². The summed E-state index contributed by atoms with van der Waals surface area (Å²) in [6, 6.07) is 0.190. The summed E-state index contributed by atoms with van der Waals surface area (Å²) >= 11 is 0. The predicted molar refractivity (Wildman–Crippen MR) is 62.0 cm³/mol. The highest BCUT2D eigenvalue weighted by atomic mass is 16.5. The van der Waals surface area contributed by atoms with Crippen molar-refractivity contribution in [3.8, 4) is 0 Å². The zero-order valence-electron chi connectivity index (χ0n) is 9.86. The quantitative estimate of drug-likeness (QED) is 0.777. The fourth-order valence-corrected chi connectivity index (χ4v) is 2.49. The van der Waals surface area contributed by atoms with Gasteiger partial charge in [-0.1, -0.05) is 0 Å². The monoisotopic (exact) mass is 226 g/mol. The molecule has 0 aromatic rings. The van der Waals surface area contributed by atoms with Gasteiger partial charge in [0.2, 0.25) is 5.91 Å². The van der Waals surface area contributed by atoms with Crippen molar-refractivity contribution in [1.82, 2.24) is 4.90 Å². The van der Waals surface area contributed by atoms with Crippen LogP contribution < -0.4 is 5.73 Å². The number of carbonyl (C=O) groups excluding carboxylic acids is 1. The number of likely N-dealkylation sites (tertiary alicyclic amines) is 1. The first-order valence-electron chi connectivity index (χ1n) is 6.40. The topological polar surface area (TPSA) is 55.6 Å². The summed E-state index contributed by atoms with van der Waals surface area (Å²) in [4.78, 5) is 13.7. The lowest BCUT2D eigenvalue weighted by Gasteiger charge is -2.23. The molecule has 4 nitrogen and oxygen atoms in total. The fraction of sp³-hybridized carbons (Fsp3) is 0.917. The number of hydrogen-bond acceptors (Lipinski definition) is 3. The third-order valence-electron chi connectivity index (χ3n) is 3.53. The zero-order valence-corrected chi connectivity index (χ0v) is 9.86.